The third kappa shape index (κ3) is 4.32. The van der Waals surface area contributed by atoms with Gasteiger partial charge in [0.25, 0.3) is 0 Å². The van der Waals surface area contributed by atoms with Crippen molar-refractivity contribution in [1.82, 2.24) is 0 Å². The summed E-state index contributed by atoms with van der Waals surface area (Å²) < 4.78 is 5.25. The van der Waals surface area contributed by atoms with E-state index in [4.69, 9.17) is 4.74 Å². The van der Waals surface area contributed by atoms with E-state index in [-0.39, 0.29) is 17.3 Å². The molecule has 1 amide bonds. The Bertz CT molecular complexity index is 673. The van der Waals surface area contributed by atoms with E-state index in [0.717, 1.165) is 31.2 Å². The SMILES string of the molecule is CC=CC(=O)Nc1sc2c(c1C(=O)OCC)CCC(C(C)(C)CC)C2. The van der Waals surface area contributed by atoms with Crippen LogP contribution in [0.15, 0.2) is 12.2 Å². The van der Waals surface area contributed by atoms with Gasteiger partial charge in [-0.25, -0.2) is 4.79 Å². The highest BCUT2D eigenvalue weighted by Crippen LogP contribution is 2.45. The van der Waals surface area contributed by atoms with Crippen molar-refractivity contribution in [1.29, 1.82) is 0 Å². The number of esters is 1. The van der Waals surface area contributed by atoms with Crippen LogP contribution in [0.4, 0.5) is 5.00 Å². The van der Waals surface area contributed by atoms with Crippen LogP contribution in [0.5, 0.6) is 0 Å². The maximum atomic E-state index is 12.5. The predicted molar refractivity (Wildman–Crippen MR) is 103 cm³/mol. The van der Waals surface area contributed by atoms with Gasteiger partial charge in [-0.05, 0) is 56.1 Å². The molecule has 1 N–H and O–H groups in total. The Morgan fingerprint density at radius 2 is 2.08 bits per heavy atom. The van der Waals surface area contributed by atoms with Gasteiger partial charge in [-0.1, -0.05) is 33.3 Å². The maximum Gasteiger partial charge on any atom is 0.341 e. The van der Waals surface area contributed by atoms with E-state index in [2.05, 4.69) is 26.1 Å². The quantitative estimate of drug-likeness (QED) is 0.573. The van der Waals surface area contributed by atoms with Gasteiger partial charge in [0, 0.05) is 4.88 Å². The number of hydrogen-bond donors (Lipinski definition) is 1. The molecular formula is C20H29NO3S. The van der Waals surface area contributed by atoms with Crippen molar-refractivity contribution in [2.75, 3.05) is 11.9 Å². The number of nitrogens with one attached hydrogen (secondary N) is 1. The lowest BCUT2D eigenvalue weighted by molar-refractivity contribution is -0.111. The molecular weight excluding hydrogens is 334 g/mol. The number of fused-ring (bicyclic) bond motifs is 1. The summed E-state index contributed by atoms with van der Waals surface area (Å²) in [5.74, 6) is 0.0545. The van der Waals surface area contributed by atoms with E-state index in [9.17, 15) is 9.59 Å². The second kappa shape index (κ2) is 8.17. The molecule has 5 heteroatoms. The van der Waals surface area contributed by atoms with Crippen LogP contribution in [0, 0.1) is 11.3 Å². The third-order valence-electron chi connectivity index (χ3n) is 5.32. The molecule has 1 aromatic heterocycles. The molecule has 138 valence electrons. The topological polar surface area (TPSA) is 55.4 Å². The molecule has 0 spiro atoms. The van der Waals surface area contributed by atoms with Gasteiger partial charge in [0.2, 0.25) is 5.91 Å². The molecule has 0 saturated carbocycles. The summed E-state index contributed by atoms with van der Waals surface area (Å²) in [5.41, 5.74) is 1.91. The zero-order chi connectivity index (χ0) is 18.6. The summed E-state index contributed by atoms with van der Waals surface area (Å²) in [5, 5.41) is 3.49. The number of hydrogen-bond acceptors (Lipinski definition) is 4. The zero-order valence-corrected chi connectivity index (χ0v) is 16.7. The van der Waals surface area contributed by atoms with Crippen LogP contribution >= 0.6 is 11.3 Å². The van der Waals surface area contributed by atoms with Crippen LogP contribution in [-0.4, -0.2) is 18.5 Å². The fourth-order valence-corrected chi connectivity index (χ4v) is 4.67. The molecule has 1 heterocycles. The minimum atomic E-state index is -0.330. The monoisotopic (exact) mass is 363 g/mol. The normalized spacial score (nSPS) is 17.4. The first-order chi connectivity index (χ1) is 11.8. The number of carbonyl (C=O) groups is 2. The van der Waals surface area contributed by atoms with E-state index < -0.39 is 0 Å². The summed E-state index contributed by atoms with van der Waals surface area (Å²) in [6, 6.07) is 0. The number of allylic oxidation sites excluding steroid dienone is 1. The highest BCUT2D eigenvalue weighted by atomic mass is 32.1. The predicted octanol–water partition coefficient (Wildman–Crippen LogP) is 4.98. The van der Waals surface area contributed by atoms with Crippen molar-refractivity contribution in [3.05, 3.63) is 28.2 Å². The smallest absolute Gasteiger partial charge is 0.341 e. The highest BCUT2D eigenvalue weighted by Gasteiger charge is 2.35. The molecule has 1 aliphatic carbocycles. The highest BCUT2D eigenvalue weighted by molar-refractivity contribution is 7.17. The molecule has 1 aliphatic rings. The van der Waals surface area contributed by atoms with Crippen LogP contribution in [0.25, 0.3) is 0 Å². The summed E-state index contributed by atoms with van der Waals surface area (Å²) in [4.78, 5) is 25.7. The lowest BCUT2D eigenvalue weighted by Crippen LogP contribution is -2.28. The van der Waals surface area contributed by atoms with Gasteiger partial charge < -0.3 is 10.1 Å². The van der Waals surface area contributed by atoms with E-state index >= 15 is 0 Å². The molecule has 4 nitrogen and oxygen atoms in total. The van der Waals surface area contributed by atoms with Gasteiger partial charge in [-0.3, -0.25) is 4.79 Å². The van der Waals surface area contributed by atoms with Crippen molar-refractivity contribution in [2.45, 2.75) is 60.3 Å². The largest absolute Gasteiger partial charge is 0.462 e. The number of ether oxygens (including phenoxy) is 1. The molecule has 0 radical (unpaired) electrons. The van der Waals surface area contributed by atoms with Crippen molar-refractivity contribution in [3.63, 3.8) is 0 Å². The molecule has 1 unspecified atom stereocenters. The summed E-state index contributed by atoms with van der Waals surface area (Å²) in [7, 11) is 0. The molecule has 0 fully saturated rings. The van der Waals surface area contributed by atoms with E-state index in [1.165, 1.54) is 22.3 Å². The fraction of sp³-hybridized carbons (Fsp3) is 0.600. The average Bonchev–Trinajstić information content (AvgIpc) is 2.92. The summed E-state index contributed by atoms with van der Waals surface area (Å²) in [6.45, 7) is 10.8. The number of rotatable bonds is 6. The molecule has 0 saturated heterocycles. The van der Waals surface area contributed by atoms with Crippen LogP contribution in [0.1, 0.15) is 68.3 Å². The Balaban J connectivity index is 2.38. The Morgan fingerprint density at radius 1 is 1.36 bits per heavy atom. The first kappa shape index (κ1) is 19.7. The molecule has 25 heavy (non-hydrogen) atoms. The van der Waals surface area contributed by atoms with Crippen molar-refractivity contribution < 1.29 is 14.3 Å². The molecule has 1 atom stereocenters. The number of thiophene rings is 1. The first-order valence-corrected chi connectivity index (χ1v) is 9.91. The molecule has 1 aromatic rings. The van der Waals surface area contributed by atoms with Gasteiger partial charge in [0.15, 0.2) is 0 Å². The lowest BCUT2D eigenvalue weighted by Gasteiger charge is -2.36. The Morgan fingerprint density at radius 3 is 2.68 bits per heavy atom. The molecule has 0 aliphatic heterocycles. The Hall–Kier alpha value is -1.62. The van der Waals surface area contributed by atoms with E-state index in [1.807, 2.05) is 0 Å². The van der Waals surface area contributed by atoms with Gasteiger partial charge >= 0.3 is 5.97 Å². The average molecular weight is 364 g/mol. The number of amides is 1. The van der Waals surface area contributed by atoms with Crippen LogP contribution in [-0.2, 0) is 22.4 Å². The lowest BCUT2D eigenvalue weighted by atomic mass is 9.69. The van der Waals surface area contributed by atoms with Crippen molar-refractivity contribution in [2.24, 2.45) is 11.3 Å². The van der Waals surface area contributed by atoms with Gasteiger partial charge in [-0.15, -0.1) is 11.3 Å². The summed E-state index contributed by atoms with van der Waals surface area (Å²) in [6.07, 6.45) is 7.19. The van der Waals surface area contributed by atoms with Gasteiger partial charge in [0.1, 0.15) is 5.00 Å². The molecule has 2 rings (SSSR count). The standard InChI is InChI=1S/C20H29NO3S/c1-6-9-16(22)21-18-17(19(23)24-8-3)14-11-10-13(12-15(14)25-18)20(4,5)7-2/h6,9,13H,7-8,10-12H2,1-5H3,(H,21,22). The van der Waals surface area contributed by atoms with E-state index in [0.29, 0.717) is 23.1 Å². The first-order valence-electron chi connectivity index (χ1n) is 9.09. The van der Waals surface area contributed by atoms with Gasteiger partial charge in [0.05, 0.1) is 12.2 Å². The number of carbonyl (C=O) groups excluding carboxylic acids is 2. The second-order valence-electron chi connectivity index (χ2n) is 7.20. The molecule has 0 aromatic carbocycles. The maximum absolute atomic E-state index is 12.5. The van der Waals surface area contributed by atoms with Crippen LogP contribution < -0.4 is 5.32 Å². The fourth-order valence-electron chi connectivity index (χ4n) is 3.35. The van der Waals surface area contributed by atoms with Crippen molar-refractivity contribution in [3.8, 4) is 0 Å². The minimum Gasteiger partial charge on any atom is -0.462 e. The third-order valence-corrected chi connectivity index (χ3v) is 6.49. The van der Waals surface area contributed by atoms with Crippen LogP contribution in [0.3, 0.4) is 0 Å². The Kier molecular flexibility index (Phi) is 6.44. The zero-order valence-electron chi connectivity index (χ0n) is 15.9. The molecule has 0 bridgehead atoms. The van der Waals surface area contributed by atoms with E-state index in [1.54, 1.807) is 19.9 Å². The van der Waals surface area contributed by atoms with Crippen molar-refractivity contribution >= 4 is 28.2 Å². The Labute approximate surface area is 154 Å². The van der Waals surface area contributed by atoms with Gasteiger partial charge in [-0.2, -0.15) is 0 Å². The second-order valence-corrected chi connectivity index (χ2v) is 8.30. The van der Waals surface area contributed by atoms with Crippen LogP contribution in [0.2, 0.25) is 0 Å². The number of anilines is 1. The minimum absolute atomic E-state index is 0.211. The summed E-state index contributed by atoms with van der Waals surface area (Å²) >= 11 is 1.53.